The minimum atomic E-state index is -0.486. The number of nitrogens with one attached hydrogen (secondary N) is 3. The lowest BCUT2D eigenvalue weighted by Gasteiger charge is -2.31. The second kappa shape index (κ2) is 11.6. The van der Waals surface area contributed by atoms with Crippen LogP contribution in [0.25, 0.3) is 5.70 Å². The summed E-state index contributed by atoms with van der Waals surface area (Å²) >= 11 is 0. The predicted molar refractivity (Wildman–Crippen MR) is 153 cm³/mol. The SMILES string of the molecule is C=C(NC1C2CC3CCCC1C(C3)C2)c1cnn(CCC(C)(C)C(=O)NC2CCNCC2)c1OCC(C)C. The number of hydrogen-bond acceptors (Lipinski definition) is 5. The first-order valence-electron chi connectivity index (χ1n) is 15.4. The summed E-state index contributed by atoms with van der Waals surface area (Å²) in [5, 5.41) is 15.3. The summed E-state index contributed by atoms with van der Waals surface area (Å²) in [6.07, 6.45) is 13.0. The summed E-state index contributed by atoms with van der Waals surface area (Å²) in [7, 11) is 0. The fourth-order valence-electron chi connectivity index (χ4n) is 7.60. The minimum Gasteiger partial charge on any atom is -0.477 e. The van der Waals surface area contributed by atoms with Crippen molar-refractivity contribution in [3.8, 4) is 5.88 Å². The molecule has 1 saturated heterocycles. The number of rotatable bonds is 11. The highest BCUT2D eigenvalue weighted by Gasteiger charge is 2.49. The number of amides is 1. The molecule has 0 spiro atoms. The lowest BCUT2D eigenvalue weighted by molar-refractivity contribution is -0.130. The molecule has 3 saturated carbocycles. The van der Waals surface area contributed by atoms with Gasteiger partial charge in [0.25, 0.3) is 0 Å². The van der Waals surface area contributed by atoms with E-state index in [1.54, 1.807) is 0 Å². The van der Waals surface area contributed by atoms with Gasteiger partial charge < -0.3 is 20.7 Å². The lowest BCUT2D eigenvalue weighted by Crippen LogP contribution is -2.47. The van der Waals surface area contributed by atoms with Gasteiger partial charge in [-0.25, -0.2) is 4.68 Å². The van der Waals surface area contributed by atoms with Gasteiger partial charge in [-0.3, -0.25) is 4.79 Å². The Morgan fingerprint density at radius 3 is 2.68 bits per heavy atom. The van der Waals surface area contributed by atoms with Crippen molar-refractivity contribution in [2.75, 3.05) is 19.7 Å². The normalized spacial score (nSPS) is 29.3. The number of fused-ring (bicyclic) bond motifs is 2. The maximum absolute atomic E-state index is 13.1. The van der Waals surface area contributed by atoms with E-state index in [9.17, 15) is 4.79 Å². The maximum atomic E-state index is 13.1. The standard InChI is InChI=1S/C31H51N5O2/c1-20(2)19-38-29-27(21(3)34-28-24-16-22-7-6-8-26(28)23(15-22)17-24)18-33-36(29)14-11-31(4,5)30(37)35-25-9-12-32-13-10-25/h18,20,22-26,28,32,34H,3,6-17,19H2,1-2,4-5H3,(H,35,37). The van der Waals surface area contributed by atoms with Gasteiger partial charge in [-0.2, -0.15) is 5.10 Å². The van der Waals surface area contributed by atoms with Crippen LogP contribution in [0.4, 0.5) is 0 Å². The zero-order chi connectivity index (χ0) is 26.9. The third kappa shape index (κ3) is 6.08. The molecule has 1 aromatic heterocycles. The Morgan fingerprint density at radius 2 is 1.92 bits per heavy atom. The molecule has 38 heavy (non-hydrogen) atoms. The number of carbonyl (C=O) groups excluding carboxylic acids is 1. The Bertz CT molecular complexity index is 979. The Labute approximate surface area is 229 Å². The molecular formula is C31H51N5O2. The average Bonchev–Trinajstić information content (AvgIpc) is 3.34. The zero-order valence-electron chi connectivity index (χ0n) is 24.2. The van der Waals surface area contributed by atoms with Crippen LogP contribution in [0, 0.1) is 35.0 Å². The second-order valence-electron chi connectivity index (χ2n) is 13.8. The first-order chi connectivity index (χ1) is 18.2. The molecule has 4 aliphatic rings. The molecule has 3 N–H and O–H groups in total. The first kappa shape index (κ1) is 27.5. The lowest BCUT2D eigenvalue weighted by atomic mass is 9.79. The molecule has 7 heteroatoms. The molecule has 1 amide bonds. The van der Waals surface area contributed by atoms with E-state index >= 15 is 0 Å². The number of nitrogens with zero attached hydrogens (tertiary/aromatic N) is 2. The van der Waals surface area contributed by atoms with Crippen molar-refractivity contribution in [1.82, 2.24) is 25.7 Å². The van der Waals surface area contributed by atoms with Crippen LogP contribution in [0.1, 0.15) is 91.0 Å². The number of aryl methyl sites for hydroxylation is 1. The largest absolute Gasteiger partial charge is 0.477 e. The van der Waals surface area contributed by atoms with E-state index < -0.39 is 5.41 Å². The highest BCUT2D eigenvalue weighted by atomic mass is 16.5. The van der Waals surface area contributed by atoms with E-state index in [0.29, 0.717) is 31.5 Å². The summed E-state index contributed by atoms with van der Waals surface area (Å²) < 4.78 is 8.31. The number of aromatic nitrogens is 2. The summed E-state index contributed by atoms with van der Waals surface area (Å²) in [5.41, 5.74) is 1.43. The van der Waals surface area contributed by atoms with Gasteiger partial charge in [-0.15, -0.1) is 0 Å². The Morgan fingerprint density at radius 1 is 1.16 bits per heavy atom. The van der Waals surface area contributed by atoms with Crippen LogP contribution in [-0.2, 0) is 11.3 Å². The molecule has 4 fully saturated rings. The van der Waals surface area contributed by atoms with Gasteiger partial charge in [0.05, 0.1) is 18.4 Å². The van der Waals surface area contributed by atoms with Crippen LogP contribution >= 0.6 is 0 Å². The van der Waals surface area contributed by atoms with Crippen LogP contribution in [0.5, 0.6) is 5.88 Å². The fourth-order valence-corrected chi connectivity index (χ4v) is 7.60. The highest BCUT2D eigenvalue weighted by Crippen LogP contribution is 2.53. The Balaban J connectivity index is 1.26. The molecule has 0 aromatic carbocycles. The Kier molecular flexibility index (Phi) is 8.42. The molecule has 5 atom stereocenters. The molecule has 5 unspecified atom stereocenters. The smallest absolute Gasteiger partial charge is 0.225 e. The minimum absolute atomic E-state index is 0.130. The molecule has 0 radical (unpaired) electrons. The van der Waals surface area contributed by atoms with E-state index in [1.165, 1.54) is 38.5 Å². The Hall–Kier alpha value is -2.02. The van der Waals surface area contributed by atoms with E-state index in [1.807, 2.05) is 24.7 Å². The van der Waals surface area contributed by atoms with E-state index in [2.05, 4.69) is 36.4 Å². The van der Waals surface area contributed by atoms with Crippen molar-refractivity contribution in [1.29, 1.82) is 0 Å². The summed E-state index contributed by atoms with van der Waals surface area (Å²) in [6, 6.07) is 0.796. The van der Waals surface area contributed by atoms with Crippen molar-refractivity contribution in [3.05, 3.63) is 18.3 Å². The number of piperidine rings is 1. The fraction of sp³-hybridized carbons (Fsp3) is 0.806. The predicted octanol–water partition coefficient (Wildman–Crippen LogP) is 4.98. The van der Waals surface area contributed by atoms with Crippen molar-refractivity contribution in [3.63, 3.8) is 0 Å². The van der Waals surface area contributed by atoms with Crippen molar-refractivity contribution >= 4 is 11.6 Å². The van der Waals surface area contributed by atoms with Gasteiger partial charge in [0, 0.05) is 29.7 Å². The van der Waals surface area contributed by atoms with E-state index in [0.717, 1.165) is 66.7 Å². The molecule has 212 valence electrons. The number of carbonyl (C=O) groups is 1. The first-order valence-corrected chi connectivity index (χ1v) is 15.4. The molecule has 3 aliphatic carbocycles. The van der Waals surface area contributed by atoms with Gasteiger partial charge >= 0.3 is 0 Å². The molecular weight excluding hydrogens is 474 g/mol. The van der Waals surface area contributed by atoms with E-state index in [4.69, 9.17) is 9.84 Å². The topological polar surface area (TPSA) is 80.2 Å². The number of hydrogen-bond donors (Lipinski definition) is 3. The summed E-state index contributed by atoms with van der Waals surface area (Å²) in [6.45, 7) is 16.1. The molecule has 5 rings (SSSR count). The van der Waals surface area contributed by atoms with Gasteiger partial charge in [0.1, 0.15) is 0 Å². The zero-order valence-corrected chi connectivity index (χ0v) is 24.2. The monoisotopic (exact) mass is 525 g/mol. The summed E-state index contributed by atoms with van der Waals surface area (Å²) in [4.78, 5) is 13.1. The third-order valence-electron chi connectivity index (χ3n) is 9.85. The van der Waals surface area contributed by atoms with Gasteiger partial charge in [0.2, 0.25) is 11.8 Å². The van der Waals surface area contributed by atoms with Crippen molar-refractivity contribution < 1.29 is 9.53 Å². The average molecular weight is 526 g/mol. The third-order valence-corrected chi connectivity index (χ3v) is 9.85. The molecule has 1 aliphatic heterocycles. The van der Waals surface area contributed by atoms with Crippen LogP contribution in [0.3, 0.4) is 0 Å². The molecule has 7 nitrogen and oxygen atoms in total. The van der Waals surface area contributed by atoms with Crippen LogP contribution in [0.15, 0.2) is 12.8 Å². The molecule has 1 aromatic rings. The highest BCUT2D eigenvalue weighted by molar-refractivity contribution is 5.82. The van der Waals surface area contributed by atoms with Gasteiger partial charge in [-0.1, -0.05) is 47.1 Å². The maximum Gasteiger partial charge on any atom is 0.225 e. The van der Waals surface area contributed by atoms with Gasteiger partial charge in [-0.05, 0) is 87.6 Å². The molecule has 2 heterocycles. The summed E-state index contributed by atoms with van der Waals surface area (Å²) in [5.74, 6) is 4.71. The van der Waals surface area contributed by atoms with Crippen molar-refractivity contribution in [2.45, 2.75) is 104 Å². The van der Waals surface area contributed by atoms with Crippen molar-refractivity contribution in [2.24, 2.45) is 35.0 Å². The second-order valence-corrected chi connectivity index (χ2v) is 13.8. The van der Waals surface area contributed by atoms with Gasteiger partial charge in [0.15, 0.2) is 0 Å². The van der Waals surface area contributed by atoms with Crippen LogP contribution < -0.4 is 20.7 Å². The van der Waals surface area contributed by atoms with Crippen LogP contribution in [-0.4, -0.2) is 47.5 Å². The quantitative estimate of drug-likeness (QED) is 0.380. The van der Waals surface area contributed by atoms with Crippen LogP contribution in [0.2, 0.25) is 0 Å². The molecule has 3 bridgehead atoms. The number of ether oxygens (including phenoxy) is 1. The van der Waals surface area contributed by atoms with E-state index in [-0.39, 0.29) is 11.9 Å².